The van der Waals surface area contributed by atoms with E-state index in [1.165, 1.54) is 24.0 Å². The van der Waals surface area contributed by atoms with Gasteiger partial charge in [0.1, 0.15) is 17.9 Å². The third-order valence-electron chi connectivity index (χ3n) is 6.16. The lowest BCUT2D eigenvalue weighted by Gasteiger charge is -2.31. The molecule has 31 heavy (non-hydrogen) atoms. The van der Waals surface area contributed by atoms with E-state index in [9.17, 15) is 0 Å². The van der Waals surface area contributed by atoms with Gasteiger partial charge < -0.3 is 14.2 Å². The molecule has 4 aromatic rings. The van der Waals surface area contributed by atoms with Crippen LogP contribution >= 0.6 is 0 Å². The summed E-state index contributed by atoms with van der Waals surface area (Å²) in [7, 11) is 0. The standard InChI is InChI=1S/C26H28N4O/c1-3-31-22-11-9-21(10-12-22)30-17-23(20-7-5-4-6-8-20)24-25(27-18-28-26(24)30)29-15-13-19(2)14-16-29/h4-12,17-19H,3,13-16H2,1-2H3. The molecule has 2 aromatic heterocycles. The zero-order valence-corrected chi connectivity index (χ0v) is 18.2. The van der Waals surface area contributed by atoms with Gasteiger partial charge in [-0.15, -0.1) is 0 Å². The average Bonchev–Trinajstić information content (AvgIpc) is 3.21. The van der Waals surface area contributed by atoms with E-state index in [0.717, 1.165) is 47.3 Å². The molecule has 0 N–H and O–H groups in total. The maximum absolute atomic E-state index is 5.62. The van der Waals surface area contributed by atoms with Gasteiger partial charge in [0, 0.05) is 30.5 Å². The summed E-state index contributed by atoms with van der Waals surface area (Å²) in [6.45, 7) is 7.07. The summed E-state index contributed by atoms with van der Waals surface area (Å²) < 4.78 is 7.80. The second-order valence-corrected chi connectivity index (χ2v) is 8.27. The smallest absolute Gasteiger partial charge is 0.150 e. The van der Waals surface area contributed by atoms with Crippen molar-refractivity contribution in [2.75, 3.05) is 24.6 Å². The number of ether oxygens (including phenoxy) is 1. The van der Waals surface area contributed by atoms with Gasteiger partial charge in [-0.1, -0.05) is 37.3 Å². The van der Waals surface area contributed by atoms with Crippen LogP contribution in [0.2, 0.25) is 0 Å². The third kappa shape index (κ3) is 3.76. The molecule has 0 bridgehead atoms. The summed E-state index contributed by atoms with van der Waals surface area (Å²) in [5.41, 5.74) is 4.34. The second kappa shape index (κ2) is 8.42. The van der Waals surface area contributed by atoms with Gasteiger partial charge >= 0.3 is 0 Å². The first kappa shape index (κ1) is 19.6. The quantitative estimate of drug-likeness (QED) is 0.420. The van der Waals surface area contributed by atoms with E-state index in [4.69, 9.17) is 14.7 Å². The van der Waals surface area contributed by atoms with Gasteiger partial charge in [-0.25, -0.2) is 9.97 Å². The SMILES string of the molecule is CCOc1ccc(-n2cc(-c3ccccc3)c3c(N4CCC(C)CC4)ncnc32)cc1. The van der Waals surface area contributed by atoms with Crippen molar-refractivity contribution in [1.82, 2.24) is 14.5 Å². The fourth-order valence-electron chi connectivity index (χ4n) is 4.41. The fraction of sp³-hybridized carbons (Fsp3) is 0.308. The molecule has 1 saturated heterocycles. The summed E-state index contributed by atoms with van der Waals surface area (Å²) >= 11 is 0. The van der Waals surface area contributed by atoms with E-state index in [0.29, 0.717) is 6.61 Å². The lowest BCUT2D eigenvalue weighted by atomic mass is 9.98. The molecule has 0 aliphatic carbocycles. The largest absolute Gasteiger partial charge is 0.494 e. The van der Waals surface area contributed by atoms with E-state index in [-0.39, 0.29) is 0 Å². The van der Waals surface area contributed by atoms with Gasteiger partial charge in [-0.2, -0.15) is 0 Å². The van der Waals surface area contributed by atoms with Gasteiger partial charge in [0.25, 0.3) is 0 Å². The van der Waals surface area contributed by atoms with Gasteiger partial charge in [-0.3, -0.25) is 0 Å². The predicted molar refractivity (Wildman–Crippen MR) is 126 cm³/mol. The Morgan fingerprint density at radius 1 is 0.968 bits per heavy atom. The summed E-state index contributed by atoms with van der Waals surface area (Å²) in [6, 6.07) is 18.7. The molecular formula is C26H28N4O. The van der Waals surface area contributed by atoms with Crippen LogP contribution < -0.4 is 9.64 Å². The molecular weight excluding hydrogens is 384 g/mol. The highest BCUT2D eigenvalue weighted by Gasteiger charge is 2.23. The third-order valence-corrected chi connectivity index (χ3v) is 6.16. The van der Waals surface area contributed by atoms with Crippen LogP contribution in [0.4, 0.5) is 5.82 Å². The Balaban J connectivity index is 1.68. The van der Waals surface area contributed by atoms with Crippen molar-refractivity contribution in [1.29, 1.82) is 0 Å². The van der Waals surface area contributed by atoms with E-state index < -0.39 is 0 Å². The number of hydrogen-bond donors (Lipinski definition) is 0. The molecule has 5 heteroatoms. The van der Waals surface area contributed by atoms with E-state index in [1.807, 2.05) is 19.1 Å². The molecule has 1 aliphatic rings. The van der Waals surface area contributed by atoms with Gasteiger partial charge in [-0.05, 0) is 55.5 Å². The van der Waals surface area contributed by atoms with Crippen molar-refractivity contribution in [3.8, 4) is 22.6 Å². The van der Waals surface area contributed by atoms with Crippen LogP contribution in [0.5, 0.6) is 5.75 Å². The van der Waals surface area contributed by atoms with E-state index >= 15 is 0 Å². The van der Waals surface area contributed by atoms with Gasteiger partial charge in [0.15, 0.2) is 5.65 Å². The summed E-state index contributed by atoms with van der Waals surface area (Å²) in [5, 5.41) is 1.12. The maximum Gasteiger partial charge on any atom is 0.150 e. The Hall–Kier alpha value is -3.34. The van der Waals surface area contributed by atoms with Crippen molar-refractivity contribution in [2.45, 2.75) is 26.7 Å². The number of rotatable bonds is 5. The molecule has 0 unspecified atom stereocenters. The number of hydrogen-bond acceptors (Lipinski definition) is 4. The molecule has 1 aliphatic heterocycles. The molecule has 2 aromatic carbocycles. The van der Waals surface area contributed by atoms with Crippen molar-refractivity contribution >= 4 is 16.9 Å². The minimum Gasteiger partial charge on any atom is -0.494 e. The van der Waals surface area contributed by atoms with E-state index in [1.54, 1.807) is 6.33 Å². The van der Waals surface area contributed by atoms with Crippen molar-refractivity contribution in [3.63, 3.8) is 0 Å². The highest BCUT2D eigenvalue weighted by molar-refractivity contribution is 6.02. The fourth-order valence-corrected chi connectivity index (χ4v) is 4.41. The Morgan fingerprint density at radius 2 is 1.71 bits per heavy atom. The topological polar surface area (TPSA) is 43.2 Å². The minimum absolute atomic E-state index is 0.662. The van der Waals surface area contributed by atoms with Crippen LogP contribution in [0.15, 0.2) is 67.1 Å². The number of aromatic nitrogens is 3. The highest BCUT2D eigenvalue weighted by atomic mass is 16.5. The Bertz CT molecular complexity index is 1160. The maximum atomic E-state index is 5.62. The molecule has 0 saturated carbocycles. The lowest BCUT2D eigenvalue weighted by molar-refractivity contribution is 0.340. The molecule has 0 atom stereocenters. The summed E-state index contributed by atoms with van der Waals surface area (Å²) in [5.74, 6) is 2.69. The normalized spacial score (nSPS) is 14.8. The van der Waals surface area contributed by atoms with Crippen LogP contribution in [0.1, 0.15) is 26.7 Å². The van der Waals surface area contributed by atoms with Crippen LogP contribution in [-0.2, 0) is 0 Å². The number of benzene rings is 2. The molecule has 5 rings (SSSR count). The number of fused-ring (bicyclic) bond motifs is 1. The van der Waals surface area contributed by atoms with Crippen LogP contribution in [0, 0.1) is 5.92 Å². The van der Waals surface area contributed by atoms with Gasteiger partial charge in [0.2, 0.25) is 0 Å². The minimum atomic E-state index is 0.662. The molecule has 0 radical (unpaired) electrons. The molecule has 0 amide bonds. The monoisotopic (exact) mass is 412 g/mol. The average molecular weight is 413 g/mol. The van der Waals surface area contributed by atoms with Crippen molar-refractivity contribution in [2.24, 2.45) is 5.92 Å². The zero-order valence-electron chi connectivity index (χ0n) is 18.2. The zero-order chi connectivity index (χ0) is 21.2. The first-order valence-corrected chi connectivity index (χ1v) is 11.1. The van der Waals surface area contributed by atoms with Crippen LogP contribution in [0.3, 0.4) is 0 Å². The first-order chi connectivity index (χ1) is 15.2. The molecule has 3 heterocycles. The second-order valence-electron chi connectivity index (χ2n) is 8.27. The van der Waals surface area contributed by atoms with Crippen molar-refractivity contribution < 1.29 is 4.74 Å². The lowest BCUT2D eigenvalue weighted by Crippen LogP contribution is -2.33. The van der Waals surface area contributed by atoms with Crippen molar-refractivity contribution in [3.05, 3.63) is 67.1 Å². The first-order valence-electron chi connectivity index (χ1n) is 11.1. The summed E-state index contributed by atoms with van der Waals surface area (Å²) in [4.78, 5) is 11.9. The predicted octanol–water partition coefficient (Wildman–Crippen LogP) is 5.72. The Labute approximate surface area is 183 Å². The molecule has 1 fully saturated rings. The molecule has 158 valence electrons. The number of nitrogens with zero attached hydrogens (tertiary/aromatic N) is 4. The number of anilines is 1. The molecule has 5 nitrogen and oxygen atoms in total. The number of piperidine rings is 1. The van der Waals surface area contributed by atoms with Gasteiger partial charge in [0.05, 0.1) is 12.0 Å². The van der Waals surface area contributed by atoms with Crippen LogP contribution in [-0.4, -0.2) is 34.2 Å². The Kier molecular flexibility index (Phi) is 5.33. The van der Waals surface area contributed by atoms with Crippen LogP contribution in [0.25, 0.3) is 27.8 Å². The highest BCUT2D eigenvalue weighted by Crippen LogP contribution is 2.37. The molecule has 0 spiro atoms. The van der Waals surface area contributed by atoms with E-state index in [2.05, 4.69) is 65.1 Å². The summed E-state index contributed by atoms with van der Waals surface area (Å²) in [6.07, 6.45) is 6.30. The Morgan fingerprint density at radius 3 is 2.42 bits per heavy atom.